The average Bonchev–Trinajstić information content (AvgIpc) is 2.40. The Labute approximate surface area is 118 Å². The van der Waals surface area contributed by atoms with Crippen LogP contribution < -0.4 is 10.6 Å². The van der Waals surface area contributed by atoms with Crippen LogP contribution in [0.25, 0.3) is 0 Å². The SMILES string of the molecule is CC(CC1CCCCN1)NC(C)CN1CCOCC1. The third-order valence-corrected chi connectivity index (χ3v) is 4.26. The van der Waals surface area contributed by atoms with Gasteiger partial charge in [0.15, 0.2) is 0 Å². The largest absolute Gasteiger partial charge is 0.379 e. The van der Waals surface area contributed by atoms with Crippen LogP contribution in [-0.4, -0.2) is 62.4 Å². The molecule has 0 bridgehead atoms. The highest BCUT2D eigenvalue weighted by Gasteiger charge is 2.18. The maximum atomic E-state index is 5.39. The van der Waals surface area contributed by atoms with Gasteiger partial charge in [0, 0.05) is 37.8 Å². The van der Waals surface area contributed by atoms with Crippen LogP contribution in [-0.2, 0) is 4.74 Å². The molecule has 4 nitrogen and oxygen atoms in total. The molecule has 3 atom stereocenters. The van der Waals surface area contributed by atoms with Crippen LogP contribution in [0.15, 0.2) is 0 Å². The monoisotopic (exact) mass is 269 g/mol. The fourth-order valence-corrected chi connectivity index (χ4v) is 3.33. The summed E-state index contributed by atoms with van der Waals surface area (Å²) >= 11 is 0. The fraction of sp³-hybridized carbons (Fsp3) is 1.00. The molecule has 0 radical (unpaired) electrons. The molecule has 0 saturated carbocycles. The molecule has 0 aromatic rings. The molecule has 112 valence electrons. The second-order valence-electron chi connectivity index (χ2n) is 6.26. The van der Waals surface area contributed by atoms with Crippen LogP contribution in [0, 0.1) is 0 Å². The summed E-state index contributed by atoms with van der Waals surface area (Å²) in [5.74, 6) is 0. The Morgan fingerprint density at radius 2 is 2.00 bits per heavy atom. The van der Waals surface area contributed by atoms with E-state index in [0.717, 1.165) is 38.9 Å². The zero-order chi connectivity index (χ0) is 13.5. The van der Waals surface area contributed by atoms with Gasteiger partial charge in [0.1, 0.15) is 0 Å². The summed E-state index contributed by atoms with van der Waals surface area (Å²) in [6.07, 6.45) is 5.36. The lowest BCUT2D eigenvalue weighted by Gasteiger charge is -2.32. The molecular formula is C15H31N3O. The summed E-state index contributed by atoms with van der Waals surface area (Å²) in [6, 6.07) is 1.90. The summed E-state index contributed by atoms with van der Waals surface area (Å²) in [5, 5.41) is 7.39. The fourth-order valence-electron chi connectivity index (χ4n) is 3.33. The maximum absolute atomic E-state index is 5.39. The van der Waals surface area contributed by atoms with Gasteiger partial charge in [0.2, 0.25) is 0 Å². The van der Waals surface area contributed by atoms with Crippen molar-refractivity contribution in [1.29, 1.82) is 0 Å². The number of nitrogens with one attached hydrogen (secondary N) is 2. The molecule has 0 aromatic carbocycles. The van der Waals surface area contributed by atoms with Gasteiger partial charge < -0.3 is 15.4 Å². The van der Waals surface area contributed by atoms with E-state index in [1.807, 2.05) is 0 Å². The molecule has 19 heavy (non-hydrogen) atoms. The summed E-state index contributed by atoms with van der Waals surface area (Å²) in [7, 11) is 0. The molecule has 0 aromatic heterocycles. The minimum Gasteiger partial charge on any atom is -0.379 e. The molecule has 2 fully saturated rings. The second kappa shape index (κ2) is 8.20. The first-order chi connectivity index (χ1) is 9.24. The molecule has 2 saturated heterocycles. The molecule has 0 amide bonds. The van der Waals surface area contributed by atoms with E-state index >= 15 is 0 Å². The molecule has 4 heteroatoms. The summed E-state index contributed by atoms with van der Waals surface area (Å²) in [5.41, 5.74) is 0. The Kier molecular flexibility index (Phi) is 6.57. The van der Waals surface area contributed by atoms with E-state index in [1.54, 1.807) is 0 Å². The van der Waals surface area contributed by atoms with Gasteiger partial charge in [0.05, 0.1) is 13.2 Å². The third-order valence-electron chi connectivity index (χ3n) is 4.26. The topological polar surface area (TPSA) is 36.5 Å². The van der Waals surface area contributed by atoms with Gasteiger partial charge in [0.25, 0.3) is 0 Å². The first-order valence-electron chi connectivity index (χ1n) is 8.03. The number of hydrogen-bond donors (Lipinski definition) is 2. The Morgan fingerprint density at radius 3 is 2.68 bits per heavy atom. The maximum Gasteiger partial charge on any atom is 0.0594 e. The van der Waals surface area contributed by atoms with E-state index in [2.05, 4.69) is 29.4 Å². The number of hydrogen-bond acceptors (Lipinski definition) is 4. The number of piperidine rings is 1. The van der Waals surface area contributed by atoms with E-state index < -0.39 is 0 Å². The van der Waals surface area contributed by atoms with E-state index in [-0.39, 0.29) is 0 Å². The van der Waals surface area contributed by atoms with Gasteiger partial charge in [-0.25, -0.2) is 0 Å². The summed E-state index contributed by atoms with van der Waals surface area (Å²) in [6.45, 7) is 11.0. The highest BCUT2D eigenvalue weighted by Crippen LogP contribution is 2.12. The summed E-state index contributed by atoms with van der Waals surface area (Å²) < 4.78 is 5.39. The Morgan fingerprint density at radius 1 is 1.21 bits per heavy atom. The van der Waals surface area contributed by atoms with Crippen molar-refractivity contribution in [2.45, 2.75) is 57.7 Å². The number of morpholine rings is 1. The van der Waals surface area contributed by atoms with Crippen LogP contribution in [0.5, 0.6) is 0 Å². The van der Waals surface area contributed by atoms with Crippen molar-refractivity contribution >= 4 is 0 Å². The van der Waals surface area contributed by atoms with Crippen molar-refractivity contribution in [3.63, 3.8) is 0 Å². The van der Waals surface area contributed by atoms with Crippen molar-refractivity contribution in [1.82, 2.24) is 15.5 Å². The number of nitrogens with zero attached hydrogens (tertiary/aromatic N) is 1. The normalized spacial score (nSPS) is 29.1. The van der Waals surface area contributed by atoms with Crippen molar-refractivity contribution < 1.29 is 4.74 Å². The van der Waals surface area contributed by atoms with Crippen LogP contribution in [0.4, 0.5) is 0 Å². The lowest BCUT2D eigenvalue weighted by atomic mass is 9.98. The minimum absolute atomic E-state index is 0.566. The van der Waals surface area contributed by atoms with E-state index in [1.165, 1.54) is 32.2 Å². The van der Waals surface area contributed by atoms with Crippen molar-refractivity contribution in [3.05, 3.63) is 0 Å². The first-order valence-corrected chi connectivity index (χ1v) is 8.03. The molecule has 2 rings (SSSR count). The minimum atomic E-state index is 0.566. The quantitative estimate of drug-likeness (QED) is 0.760. The smallest absolute Gasteiger partial charge is 0.0594 e. The van der Waals surface area contributed by atoms with E-state index in [9.17, 15) is 0 Å². The number of ether oxygens (including phenoxy) is 1. The molecule has 2 aliphatic heterocycles. The van der Waals surface area contributed by atoms with Gasteiger partial charge in [-0.05, 0) is 39.7 Å². The molecule has 0 aliphatic carbocycles. The first kappa shape index (κ1) is 15.2. The third kappa shape index (κ3) is 5.78. The molecule has 2 N–H and O–H groups in total. The Bertz CT molecular complexity index is 214. The highest BCUT2D eigenvalue weighted by molar-refractivity contribution is 4.79. The molecular weight excluding hydrogens is 238 g/mol. The second-order valence-corrected chi connectivity index (χ2v) is 6.26. The highest BCUT2D eigenvalue weighted by atomic mass is 16.5. The van der Waals surface area contributed by atoms with Gasteiger partial charge in [-0.2, -0.15) is 0 Å². The predicted molar refractivity (Wildman–Crippen MR) is 79.6 cm³/mol. The molecule has 2 aliphatic rings. The zero-order valence-electron chi connectivity index (χ0n) is 12.7. The lowest BCUT2D eigenvalue weighted by molar-refractivity contribution is 0.0338. The molecule has 3 unspecified atom stereocenters. The number of rotatable bonds is 6. The van der Waals surface area contributed by atoms with Crippen LogP contribution >= 0.6 is 0 Å². The van der Waals surface area contributed by atoms with Crippen molar-refractivity contribution in [3.8, 4) is 0 Å². The van der Waals surface area contributed by atoms with Crippen LogP contribution in [0.2, 0.25) is 0 Å². The van der Waals surface area contributed by atoms with Crippen molar-refractivity contribution in [2.75, 3.05) is 39.4 Å². The predicted octanol–water partition coefficient (Wildman–Crippen LogP) is 1.22. The molecule has 0 spiro atoms. The van der Waals surface area contributed by atoms with Gasteiger partial charge >= 0.3 is 0 Å². The van der Waals surface area contributed by atoms with Crippen LogP contribution in [0.3, 0.4) is 0 Å². The van der Waals surface area contributed by atoms with Crippen LogP contribution in [0.1, 0.15) is 39.5 Å². The summed E-state index contributed by atoms with van der Waals surface area (Å²) in [4.78, 5) is 2.51. The Hall–Kier alpha value is -0.160. The molecule has 2 heterocycles. The zero-order valence-corrected chi connectivity index (χ0v) is 12.7. The van der Waals surface area contributed by atoms with Gasteiger partial charge in [-0.3, -0.25) is 4.90 Å². The lowest BCUT2D eigenvalue weighted by Crippen LogP contribution is -2.48. The average molecular weight is 269 g/mol. The standard InChI is InChI=1S/C15H31N3O/c1-13(11-15-5-3-4-6-16-15)17-14(2)12-18-7-9-19-10-8-18/h13-17H,3-12H2,1-2H3. The van der Waals surface area contributed by atoms with E-state index in [0.29, 0.717) is 12.1 Å². The Balaban J connectivity index is 1.61. The van der Waals surface area contributed by atoms with Crippen molar-refractivity contribution in [2.24, 2.45) is 0 Å². The van der Waals surface area contributed by atoms with Gasteiger partial charge in [-0.15, -0.1) is 0 Å². The van der Waals surface area contributed by atoms with E-state index in [4.69, 9.17) is 4.74 Å². The van der Waals surface area contributed by atoms with Gasteiger partial charge in [-0.1, -0.05) is 6.42 Å².